The number of anilines is 2. The molecule has 0 aliphatic heterocycles. The highest BCUT2D eigenvalue weighted by atomic mass is 35.5. The largest absolute Gasteiger partial charge is 0.416 e. The Bertz CT molecular complexity index is 1650. The van der Waals surface area contributed by atoms with Gasteiger partial charge in [0.25, 0.3) is 10.0 Å². The van der Waals surface area contributed by atoms with Crippen molar-refractivity contribution in [3.05, 3.63) is 88.6 Å². The van der Waals surface area contributed by atoms with Crippen LogP contribution in [0.5, 0.6) is 0 Å². The Labute approximate surface area is 228 Å². The molecule has 0 fully saturated rings. The van der Waals surface area contributed by atoms with E-state index in [-0.39, 0.29) is 34.3 Å². The molecule has 13 heteroatoms. The van der Waals surface area contributed by atoms with E-state index in [9.17, 15) is 21.6 Å². The number of aromatic nitrogens is 2. The van der Waals surface area contributed by atoms with Crippen LogP contribution in [0.2, 0.25) is 5.02 Å². The summed E-state index contributed by atoms with van der Waals surface area (Å²) < 4.78 is 68.7. The molecule has 0 radical (unpaired) electrons. The summed E-state index contributed by atoms with van der Waals surface area (Å²) in [4.78, 5) is -0.180. The summed E-state index contributed by atoms with van der Waals surface area (Å²) in [6, 6.07) is 15.2. The molecule has 0 bridgehead atoms. The average molecular weight is 577 g/mol. The van der Waals surface area contributed by atoms with Gasteiger partial charge in [-0.1, -0.05) is 29.8 Å². The number of hydrogen-bond acceptors (Lipinski definition) is 6. The fraction of sp³-hybridized carbons (Fsp3) is 0.192. The van der Waals surface area contributed by atoms with Crippen LogP contribution in [0.4, 0.5) is 36.1 Å². The molecule has 0 saturated carbocycles. The summed E-state index contributed by atoms with van der Waals surface area (Å²) in [6.07, 6.45) is -4.54. The molecule has 0 saturated heterocycles. The average Bonchev–Trinajstić information content (AvgIpc) is 3.17. The zero-order valence-corrected chi connectivity index (χ0v) is 22.7. The highest BCUT2D eigenvalue weighted by Gasteiger charge is 2.31. The lowest BCUT2D eigenvalue weighted by Crippen LogP contribution is -2.30. The summed E-state index contributed by atoms with van der Waals surface area (Å²) in [6.45, 7) is 5.12. The van der Waals surface area contributed by atoms with Gasteiger partial charge in [0.05, 0.1) is 27.7 Å². The molecule has 0 aliphatic carbocycles. The molecule has 3 aromatic carbocycles. The molecule has 2 N–H and O–H groups in total. The predicted molar refractivity (Wildman–Crippen MR) is 145 cm³/mol. The molecule has 0 atom stereocenters. The normalized spacial score (nSPS) is 12.3. The summed E-state index contributed by atoms with van der Waals surface area (Å²) >= 11 is 6.34. The number of halogens is 4. The zero-order chi connectivity index (χ0) is 28.5. The molecular weight excluding hydrogens is 553 g/mol. The van der Waals surface area contributed by atoms with E-state index in [1.807, 2.05) is 19.1 Å². The van der Waals surface area contributed by atoms with Gasteiger partial charge in [-0.3, -0.25) is 4.31 Å². The van der Waals surface area contributed by atoms with Gasteiger partial charge < -0.3 is 5.73 Å². The van der Waals surface area contributed by atoms with Crippen molar-refractivity contribution in [2.75, 3.05) is 16.6 Å². The number of nitrogens with two attached hydrogens (primary N) is 1. The van der Waals surface area contributed by atoms with Crippen molar-refractivity contribution in [2.24, 2.45) is 10.2 Å². The molecule has 1 aromatic heterocycles. The van der Waals surface area contributed by atoms with Crippen molar-refractivity contribution in [1.82, 2.24) is 9.78 Å². The quantitative estimate of drug-likeness (QED) is 0.232. The monoisotopic (exact) mass is 576 g/mol. The maximum atomic E-state index is 13.6. The van der Waals surface area contributed by atoms with Crippen LogP contribution in [0.25, 0.3) is 5.69 Å². The van der Waals surface area contributed by atoms with Gasteiger partial charge in [-0.2, -0.15) is 18.3 Å². The highest BCUT2D eigenvalue weighted by molar-refractivity contribution is 7.93. The second kappa shape index (κ2) is 10.7. The smallest absolute Gasteiger partial charge is 0.382 e. The van der Waals surface area contributed by atoms with Crippen molar-refractivity contribution >= 4 is 44.5 Å². The van der Waals surface area contributed by atoms with Gasteiger partial charge in [0.15, 0.2) is 11.5 Å². The SMILES string of the molecule is CCN(c1ccc(C(F)(F)F)cc1)S(=O)(=O)c1ccccc1/N=N/c1c(C)nn(-c2cc(C)ccc2Cl)c1N. The number of benzene rings is 3. The molecule has 204 valence electrons. The summed E-state index contributed by atoms with van der Waals surface area (Å²) in [5.41, 5.74) is 7.69. The molecule has 8 nitrogen and oxygen atoms in total. The van der Waals surface area contributed by atoms with Gasteiger partial charge in [-0.15, -0.1) is 10.2 Å². The van der Waals surface area contributed by atoms with E-state index in [0.717, 1.165) is 34.1 Å². The van der Waals surface area contributed by atoms with Crippen LogP contribution in [-0.4, -0.2) is 24.7 Å². The topological polar surface area (TPSA) is 106 Å². The summed E-state index contributed by atoms with van der Waals surface area (Å²) in [5, 5.41) is 13.2. The molecular formula is C26H24ClF3N6O2S. The lowest BCUT2D eigenvalue weighted by Gasteiger charge is -2.24. The van der Waals surface area contributed by atoms with Crippen LogP contribution in [0.3, 0.4) is 0 Å². The molecule has 1 heterocycles. The molecule has 0 unspecified atom stereocenters. The fourth-order valence-corrected chi connectivity index (χ4v) is 5.72. The van der Waals surface area contributed by atoms with Gasteiger partial charge in [-0.25, -0.2) is 13.1 Å². The number of hydrogen-bond donors (Lipinski definition) is 1. The van der Waals surface area contributed by atoms with Crippen LogP contribution in [0, 0.1) is 13.8 Å². The summed E-state index contributed by atoms with van der Waals surface area (Å²) in [5.74, 6) is 0.157. The Hall–Kier alpha value is -3.90. The number of aryl methyl sites for hydroxylation is 2. The Morgan fingerprint density at radius 1 is 1.03 bits per heavy atom. The molecule has 0 amide bonds. The van der Waals surface area contributed by atoms with E-state index in [1.54, 1.807) is 26.0 Å². The van der Waals surface area contributed by atoms with Crippen LogP contribution in [0.15, 0.2) is 81.9 Å². The molecule has 4 aromatic rings. The zero-order valence-electron chi connectivity index (χ0n) is 21.1. The predicted octanol–water partition coefficient (Wildman–Crippen LogP) is 7.37. The van der Waals surface area contributed by atoms with Gasteiger partial charge in [-0.05, 0) is 74.9 Å². The first-order valence-corrected chi connectivity index (χ1v) is 13.5. The number of sulfonamides is 1. The number of azo groups is 1. The molecule has 0 spiro atoms. The number of nitrogen functional groups attached to an aromatic ring is 1. The van der Waals surface area contributed by atoms with Crippen LogP contribution < -0.4 is 10.0 Å². The van der Waals surface area contributed by atoms with Gasteiger partial charge >= 0.3 is 6.18 Å². The first kappa shape index (κ1) is 28.1. The molecule has 4 rings (SSSR count). The lowest BCUT2D eigenvalue weighted by atomic mass is 10.2. The van der Waals surface area contributed by atoms with Crippen molar-refractivity contribution in [3.8, 4) is 5.69 Å². The van der Waals surface area contributed by atoms with Crippen LogP contribution in [-0.2, 0) is 16.2 Å². The maximum absolute atomic E-state index is 13.6. The van der Waals surface area contributed by atoms with Crippen molar-refractivity contribution in [3.63, 3.8) is 0 Å². The minimum Gasteiger partial charge on any atom is -0.382 e. The first-order chi connectivity index (χ1) is 18.3. The number of rotatable bonds is 7. The Morgan fingerprint density at radius 2 is 1.69 bits per heavy atom. The van der Waals surface area contributed by atoms with E-state index >= 15 is 0 Å². The molecule has 0 aliphatic rings. The Balaban J connectivity index is 1.72. The molecule has 39 heavy (non-hydrogen) atoms. The van der Waals surface area contributed by atoms with Gasteiger partial charge in [0.1, 0.15) is 10.6 Å². The van der Waals surface area contributed by atoms with Crippen molar-refractivity contribution in [1.29, 1.82) is 0 Å². The minimum atomic E-state index is -4.54. The van der Waals surface area contributed by atoms with Crippen LogP contribution >= 0.6 is 11.6 Å². The Morgan fingerprint density at radius 3 is 2.33 bits per heavy atom. The minimum absolute atomic E-state index is 0.0167. The Kier molecular flexibility index (Phi) is 7.71. The third-order valence-corrected chi connectivity index (χ3v) is 8.12. The number of nitrogens with zero attached hydrogens (tertiary/aromatic N) is 5. The van der Waals surface area contributed by atoms with E-state index in [1.165, 1.54) is 22.9 Å². The standard InChI is InChI=1S/C26H24ClF3N6O2S/c1-4-35(19-12-10-18(11-13-19)26(28,29)30)39(37,38)23-8-6-5-7-21(23)32-33-24-17(3)34-36(25(24)31)22-15-16(2)9-14-20(22)27/h5-15H,4,31H2,1-3H3/b33-32+. The van der Waals surface area contributed by atoms with Crippen molar-refractivity contribution in [2.45, 2.75) is 31.8 Å². The third kappa shape index (κ3) is 5.62. The number of alkyl halides is 3. The third-order valence-electron chi connectivity index (χ3n) is 5.85. The van der Waals surface area contributed by atoms with Gasteiger partial charge in [0.2, 0.25) is 0 Å². The second-order valence-electron chi connectivity index (χ2n) is 8.57. The summed E-state index contributed by atoms with van der Waals surface area (Å²) in [7, 11) is -4.23. The maximum Gasteiger partial charge on any atom is 0.416 e. The first-order valence-electron chi connectivity index (χ1n) is 11.7. The second-order valence-corrected chi connectivity index (χ2v) is 10.8. The van der Waals surface area contributed by atoms with Gasteiger partial charge in [0, 0.05) is 6.54 Å². The van der Waals surface area contributed by atoms with Crippen molar-refractivity contribution < 1.29 is 21.6 Å². The fourth-order valence-electron chi connectivity index (χ4n) is 3.92. The van der Waals surface area contributed by atoms with E-state index in [4.69, 9.17) is 17.3 Å². The lowest BCUT2D eigenvalue weighted by molar-refractivity contribution is -0.137. The van der Waals surface area contributed by atoms with E-state index in [0.29, 0.717) is 16.4 Å². The highest BCUT2D eigenvalue weighted by Crippen LogP contribution is 2.36. The van der Waals surface area contributed by atoms with E-state index < -0.39 is 21.8 Å². The van der Waals surface area contributed by atoms with E-state index in [2.05, 4.69) is 15.3 Å². The van der Waals surface area contributed by atoms with Crippen LogP contribution in [0.1, 0.15) is 23.7 Å².